The average Bonchev–Trinajstić information content (AvgIpc) is 2.21. The second-order valence-electron chi connectivity index (χ2n) is 6.97. The molecule has 0 aliphatic rings. The van der Waals surface area contributed by atoms with Crippen molar-refractivity contribution in [3.63, 3.8) is 0 Å². The highest BCUT2D eigenvalue weighted by molar-refractivity contribution is 6.35. The van der Waals surface area contributed by atoms with Gasteiger partial charge in [-0.05, 0) is 63.3 Å². The van der Waals surface area contributed by atoms with Crippen molar-refractivity contribution in [3.8, 4) is 0 Å². The lowest BCUT2D eigenvalue weighted by Gasteiger charge is -2.28. The normalized spacial score (nSPS) is 12.8. The van der Waals surface area contributed by atoms with E-state index in [2.05, 4.69) is 39.9 Å². The molecule has 0 aromatic heterocycles. The van der Waals surface area contributed by atoms with Crippen molar-refractivity contribution in [1.29, 1.82) is 0 Å². The van der Waals surface area contributed by atoms with Crippen molar-refractivity contribution in [2.24, 2.45) is 5.41 Å². The molecule has 0 saturated carbocycles. The van der Waals surface area contributed by atoms with Gasteiger partial charge < -0.3 is 5.32 Å². The fourth-order valence-corrected chi connectivity index (χ4v) is 2.58. The fourth-order valence-electron chi connectivity index (χ4n) is 2.04. The highest BCUT2D eigenvalue weighted by Crippen LogP contribution is 2.33. The van der Waals surface area contributed by atoms with Crippen LogP contribution in [0.2, 0.25) is 10.0 Å². The Bertz CT molecular complexity index is 399. The summed E-state index contributed by atoms with van der Waals surface area (Å²) in [4.78, 5) is 0. The summed E-state index contributed by atoms with van der Waals surface area (Å²) >= 11 is 12.5. The minimum atomic E-state index is 0.165. The predicted molar refractivity (Wildman–Crippen MR) is 86.3 cm³/mol. The van der Waals surface area contributed by atoms with E-state index in [0.717, 1.165) is 35.0 Å². The van der Waals surface area contributed by atoms with Crippen LogP contribution in [0.1, 0.15) is 46.6 Å². The van der Waals surface area contributed by atoms with Crippen LogP contribution in [0.5, 0.6) is 0 Å². The molecule has 0 saturated heterocycles. The van der Waals surface area contributed by atoms with E-state index >= 15 is 0 Å². The molecule has 0 unspecified atom stereocenters. The number of rotatable bonds is 5. The third-order valence-electron chi connectivity index (χ3n) is 3.17. The molecule has 1 nitrogen and oxygen atoms in total. The number of halogens is 2. The smallest absolute Gasteiger partial charge is 0.0453 e. The zero-order chi connectivity index (χ0) is 14.7. The first-order valence-corrected chi connectivity index (χ1v) is 7.54. The fraction of sp³-hybridized carbons (Fsp3) is 0.625. The highest BCUT2D eigenvalue weighted by atomic mass is 35.5. The Labute approximate surface area is 127 Å². The van der Waals surface area contributed by atoms with Crippen molar-refractivity contribution in [2.45, 2.75) is 53.0 Å². The van der Waals surface area contributed by atoms with Gasteiger partial charge in [-0.25, -0.2) is 0 Å². The summed E-state index contributed by atoms with van der Waals surface area (Å²) in [6.07, 6.45) is 1.99. The van der Waals surface area contributed by atoms with Crippen LogP contribution >= 0.6 is 23.2 Å². The minimum absolute atomic E-state index is 0.165. The van der Waals surface area contributed by atoms with E-state index < -0.39 is 0 Å². The molecule has 0 atom stereocenters. The van der Waals surface area contributed by atoms with Gasteiger partial charge in [0.2, 0.25) is 0 Å². The van der Waals surface area contributed by atoms with Gasteiger partial charge in [0.05, 0.1) is 0 Å². The van der Waals surface area contributed by atoms with E-state index in [1.807, 2.05) is 18.2 Å². The molecule has 19 heavy (non-hydrogen) atoms. The molecular formula is C16H25Cl2N. The Morgan fingerprint density at radius 2 is 1.53 bits per heavy atom. The minimum Gasteiger partial charge on any atom is -0.312 e. The lowest BCUT2D eigenvalue weighted by molar-refractivity contribution is 0.302. The molecular weight excluding hydrogens is 277 g/mol. The maximum absolute atomic E-state index is 6.24. The van der Waals surface area contributed by atoms with E-state index in [0.29, 0.717) is 0 Å². The summed E-state index contributed by atoms with van der Waals surface area (Å²) < 4.78 is 0. The largest absolute Gasteiger partial charge is 0.312 e. The van der Waals surface area contributed by atoms with Crippen molar-refractivity contribution in [2.75, 3.05) is 6.54 Å². The van der Waals surface area contributed by atoms with Crippen LogP contribution in [-0.2, 0) is 6.42 Å². The van der Waals surface area contributed by atoms with Crippen molar-refractivity contribution in [1.82, 2.24) is 5.32 Å². The van der Waals surface area contributed by atoms with Gasteiger partial charge in [0, 0.05) is 15.6 Å². The van der Waals surface area contributed by atoms with Crippen LogP contribution < -0.4 is 5.32 Å². The molecule has 0 aliphatic heterocycles. The van der Waals surface area contributed by atoms with Crippen LogP contribution in [0.3, 0.4) is 0 Å². The maximum atomic E-state index is 6.24. The first kappa shape index (κ1) is 16.8. The number of nitrogens with one attached hydrogen (secondary N) is 1. The Morgan fingerprint density at radius 1 is 1.00 bits per heavy atom. The van der Waals surface area contributed by atoms with Gasteiger partial charge in [-0.3, -0.25) is 0 Å². The van der Waals surface area contributed by atoms with E-state index in [-0.39, 0.29) is 11.0 Å². The summed E-state index contributed by atoms with van der Waals surface area (Å²) in [5.41, 5.74) is 1.40. The molecule has 0 bridgehead atoms. The van der Waals surface area contributed by atoms with Crippen LogP contribution in [0.15, 0.2) is 18.2 Å². The quantitative estimate of drug-likeness (QED) is 0.774. The lowest BCUT2D eigenvalue weighted by Crippen LogP contribution is -2.38. The topological polar surface area (TPSA) is 12.0 Å². The second-order valence-corrected chi connectivity index (χ2v) is 7.78. The molecule has 0 spiro atoms. The molecule has 0 fully saturated rings. The van der Waals surface area contributed by atoms with E-state index in [1.54, 1.807) is 0 Å². The monoisotopic (exact) mass is 301 g/mol. The lowest BCUT2D eigenvalue weighted by atomic mass is 9.82. The van der Waals surface area contributed by atoms with Crippen molar-refractivity contribution >= 4 is 23.2 Å². The molecule has 3 heteroatoms. The summed E-state index contributed by atoms with van der Waals surface area (Å²) in [6.45, 7) is 12.1. The second kappa shape index (κ2) is 6.47. The van der Waals surface area contributed by atoms with Gasteiger partial charge in [0.1, 0.15) is 0 Å². The van der Waals surface area contributed by atoms with Crippen molar-refractivity contribution in [3.05, 3.63) is 33.8 Å². The Balaban J connectivity index is 2.64. The van der Waals surface area contributed by atoms with Gasteiger partial charge in [0.25, 0.3) is 0 Å². The molecule has 1 aromatic carbocycles. The number of hydrogen-bond donors (Lipinski definition) is 1. The van der Waals surface area contributed by atoms with Gasteiger partial charge in [-0.15, -0.1) is 0 Å². The van der Waals surface area contributed by atoms with Crippen LogP contribution in [0.25, 0.3) is 0 Å². The van der Waals surface area contributed by atoms with Crippen LogP contribution in [0.4, 0.5) is 0 Å². The molecule has 1 rings (SSSR count). The third kappa shape index (κ3) is 6.16. The average molecular weight is 302 g/mol. The summed E-state index contributed by atoms with van der Waals surface area (Å²) in [5, 5.41) is 5.06. The van der Waals surface area contributed by atoms with Crippen LogP contribution in [-0.4, -0.2) is 12.1 Å². The first-order chi connectivity index (χ1) is 8.61. The molecule has 1 aromatic rings. The molecule has 0 heterocycles. The number of benzene rings is 1. The molecule has 0 amide bonds. The third-order valence-corrected chi connectivity index (χ3v) is 3.88. The summed E-state index contributed by atoms with van der Waals surface area (Å²) in [7, 11) is 0. The van der Waals surface area contributed by atoms with Crippen molar-refractivity contribution < 1.29 is 0 Å². The predicted octanol–water partition coefficient (Wildman–Crippen LogP) is 5.34. The van der Waals surface area contributed by atoms with Gasteiger partial charge in [0.15, 0.2) is 0 Å². The van der Waals surface area contributed by atoms with Gasteiger partial charge >= 0.3 is 0 Å². The highest BCUT2D eigenvalue weighted by Gasteiger charge is 2.22. The SMILES string of the molecule is CC(C)(CCNC(C)(C)C)Cc1c(Cl)cccc1Cl. The zero-order valence-electron chi connectivity index (χ0n) is 12.6. The first-order valence-electron chi connectivity index (χ1n) is 6.79. The Morgan fingerprint density at radius 3 is 2.00 bits per heavy atom. The number of hydrogen-bond acceptors (Lipinski definition) is 1. The Kier molecular flexibility index (Phi) is 5.73. The summed E-state index contributed by atoms with van der Waals surface area (Å²) in [5.74, 6) is 0. The molecule has 0 aliphatic carbocycles. The summed E-state index contributed by atoms with van der Waals surface area (Å²) in [6, 6.07) is 5.71. The standard InChI is InChI=1S/C16H25Cl2N/c1-15(2,3)19-10-9-16(4,5)11-12-13(17)7-6-8-14(12)18/h6-8,19H,9-11H2,1-5H3. The van der Waals surface area contributed by atoms with Gasteiger partial charge in [-0.2, -0.15) is 0 Å². The van der Waals surface area contributed by atoms with Gasteiger partial charge in [-0.1, -0.05) is 43.1 Å². The molecule has 108 valence electrons. The van der Waals surface area contributed by atoms with Crippen LogP contribution in [0, 0.1) is 5.41 Å². The van der Waals surface area contributed by atoms with E-state index in [9.17, 15) is 0 Å². The molecule has 0 radical (unpaired) electrons. The Hall–Kier alpha value is -0.240. The maximum Gasteiger partial charge on any atom is 0.0453 e. The zero-order valence-corrected chi connectivity index (χ0v) is 14.1. The molecule has 1 N–H and O–H groups in total. The van der Waals surface area contributed by atoms with E-state index in [1.165, 1.54) is 0 Å². The van der Waals surface area contributed by atoms with E-state index in [4.69, 9.17) is 23.2 Å².